The maximum Gasteiger partial charge on any atom is 0.410 e. The van der Waals surface area contributed by atoms with Crippen LogP contribution in [0, 0.1) is 0 Å². The van der Waals surface area contributed by atoms with Crippen molar-refractivity contribution in [1.82, 2.24) is 4.90 Å². The Morgan fingerprint density at radius 3 is 2.71 bits per heavy atom. The van der Waals surface area contributed by atoms with Crippen molar-refractivity contribution in [3.8, 4) is 0 Å². The van der Waals surface area contributed by atoms with Crippen molar-refractivity contribution in [3.05, 3.63) is 71.8 Å². The van der Waals surface area contributed by atoms with Crippen LogP contribution >= 0.6 is 0 Å². The van der Waals surface area contributed by atoms with Crippen LogP contribution in [0.2, 0.25) is 6.82 Å². The van der Waals surface area contributed by atoms with E-state index < -0.39 is 0 Å². The largest absolute Gasteiger partial charge is 0.445 e. The second-order valence-corrected chi connectivity index (χ2v) is 5.88. The Hall–Kier alpha value is -2.49. The third-order valence-corrected chi connectivity index (χ3v) is 4.26. The molecule has 3 rings (SSSR count). The van der Waals surface area contributed by atoms with Crippen LogP contribution in [0.1, 0.15) is 17.5 Å². The summed E-state index contributed by atoms with van der Waals surface area (Å²) in [5.74, 6) is 0. The van der Waals surface area contributed by atoms with Gasteiger partial charge in [0, 0.05) is 13.1 Å². The molecule has 0 saturated carbocycles. The predicted molar refractivity (Wildman–Crippen MR) is 98.5 cm³/mol. The van der Waals surface area contributed by atoms with E-state index in [0.29, 0.717) is 19.7 Å². The molecule has 0 saturated heterocycles. The smallest absolute Gasteiger partial charge is 0.410 e. The third kappa shape index (κ3) is 4.08. The van der Waals surface area contributed by atoms with E-state index in [1.54, 1.807) is 4.90 Å². The number of carbonyl (C=O) groups is 1. The second-order valence-electron chi connectivity index (χ2n) is 5.88. The molecule has 0 unspecified atom stereocenters. The third-order valence-electron chi connectivity index (χ3n) is 4.26. The fourth-order valence-corrected chi connectivity index (χ4v) is 2.83. The van der Waals surface area contributed by atoms with Crippen molar-refractivity contribution < 1.29 is 9.53 Å². The fraction of sp³-hybridized carbons (Fsp3) is 0.250. The minimum atomic E-state index is -0.246. The maximum absolute atomic E-state index is 12.2. The Kier molecular flexibility index (Phi) is 5.37. The van der Waals surface area contributed by atoms with Crippen molar-refractivity contribution in [2.45, 2.75) is 19.9 Å². The molecule has 1 radical (unpaired) electrons. The lowest BCUT2D eigenvalue weighted by molar-refractivity contribution is 0.0998. The van der Waals surface area contributed by atoms with Crippen LogP contribution in [0.3, 0.4) is 0 Å². The summed E-state index contributed by atoms with van der Waals surface area (Å²) in [6, 6.07) is 18.2. The van der Waals surface area contributed by atoms with Gasteiger partial charge >= 0.3 is 6.09 Å². The lowest BCUT2D eigenvalue weighted by Gasteiger charge is -2.26. The first-order valence-corrected chi connectivity index (χ1v) is 8.31. The molecule has 0 aromatic heterocycles. The highest BCUT2D eigenvalue weighted by Gasteiger charge is 2.19. The minimum absolute atomic E-state index is 0.246. The van der Waals surface area contributed by atoms with E-state index in [9.17, 15) is 4.79 Å². The van der Waals surface area contributed by atoms with Gasteiger partial charge in [-0.15, -0.1) is 0 Å². The molecule has 24 heavy (non-hydrogen) atoms. The molecule has 0 spiro atoms. The highest BCUT2D eigenvalue weighted by molar-refractivity contribution is 6.51. The average molecular weight is 318 g/mol. The van der Waals surface area contributed by atoms with E-state index in [4.69, 9.17) is 4.74 Å². The van der Waals surface area contributed by atoms with Gasteiger partial charge in [-0.3, -0.25) is 0 Å². The molecule has 2 aromatic carbocycles. The van der Waals surface area contributed by atoms with Crippen molar-refractivity contribution in [2.24, 2.45) is 0 Å². The van der Waals surface area contributed by atoms with Gasteiger partial charge in [-0.05, 0) is 23.1 Å². The van der Waals surface area contributed by atoms with Crippen molar-refractivity contribution >= 4 is 24.4 Å². The molecule has 0 atom stereocenters. The predicted octanol–water partition coefficient (Wildman–Crippen LogP) is 3.49. The molecule has 2 aromatic rings. The van der Waals surface area contributed by atoms with Crippen LogP contribution < -0.4 is 5.46 Å². The summed E-state index contributed by atoms with van der Waals surface area (Å²) in [6.07, 6.45) is 2.74. The summed E-state index contributed by atoms with van der Waals surface area (Å²) in [6.45, 7) is 3.66. The molecular weight excluding hydrogens is 297 g/mol. The SMILES string of the molecule is C[B]c1cccc(C2=CCN(C(=O)OCc3ccccc3)CC2)c1. The van der Waals surface area contributed by atoms with Crippen molar-refractivity contribution in [2.75, 3.05) is 13.1 Å². The van der Waals surface area contributed by atoms with E-state index >= 15 is 0 Å². The lowest BCUT2D eigenvalue weighted by Crippen LogP contribution is -2.35. The second kappa shape index (κ2) is 7.87. The molecule has 0 aliphatic carbocycles. The Morgan fingerprint density at radius 2 is 2.00 bits per heavy atom. The molecule has 1 aliphatic heterocycles. The van der Waals surface area contributed by atoms with E-state index in [-0.39, 0.29) is 6.09 Å². The van der Waals surface area contributed by atoms with E-state index in [1.165, 1.54) is 16.6 Å². The van der Waals surface area contributed by atoms with Crippen molar-refractivity contribution in [3.63, 3.8) is 0 Å². The standard InChI is InChI=1S/C20H21BNO2/c1-21-19-9-5-8-18(14-19)17-10-12-22(13-11-17)20(23)24-15-16-6-3-2-4-7-16/h2-10,14H,11-13,15H2,1H3. The van der Waals surface area contributed by atoms with Crippen LogP contribution in [-0.4, -0.2) is 31.4 Å². The minimum Gasteiger partial charge on any atom is -0.445 e. The van der Waals surface area contributed by atoms with Gasteiger partial charge < -0.3 is 9.64 Å². The summed E-state index contributed by atoms with van der Waals surface area (Å²) in [7, 11) is 2.10. The van der Waals surface area contributed by atoms with Crippen LogP contribution in [0.15, 0.2) is 60.7 Å². The van der Waals surface area contributed by atoms with Crippen LogP contribution in [0.4, 0.5) is 4.79 Å². The highest BCUT2D eigenvalue weighted by atomic mass is 16.6. The molecule has 121 valence electrons. The van der Waals surface area contributed by atoms with Gasteiger partial charge in [0.15, 0.2) is 0 Å². The zero-order chi connectivity index (χ0) is 16.8. The van der Waals surface area contributed by atoms with Gasteiger partial charge in [-0.25, -0.2) is 4.79 Å². The Morgan fingerprint density at radius 1 is 1.17 bits per heavy atom. The summed E-state index contributed by atoms with van der Waals surface area (Å²) in [5.41, 5.74) is 4.76. The molecule has 1 aliphatic rings. The summed E-state index contributed by atoms with van der Waals surface area (Å²) in [4.78, 5) is 13.9. The quantitative estimate of drug-likeness (QED) is 0.808. The zero-order valence-corrected chi connectivity index (χ0v) is 13.9. The Labute approximate surface area is 144 Å². The normalized spacial score (nSPS) is 14.0. The number of ether oxygens (including phenoxy) is 1. The topological polar surface area (TPSA) is 29.5 Å². The van der Waals surface area contributed by atoms with E-state index in [2.05, 4.69) is 37.6 Å². The monoisotopic (exact) mass is 318 g/mol. The van der Waals surface area contributed by atoms with Crippen LogP contribution in [0.5, 0.6) is 0 Å². The zero-order valence-electron chi connectivity index (χ0n) is 13.9. The van der Waals surface area contributed by atoms with Gasteiger partial charge in [0.2, 0.25) is 0 Å². The number of hydrogen-bond donors (Lipinski definition) is 0. The first-order valence-electron chi connectivity index (χ1n) is 8.31. The van der Waals surface area contributed by atoms with Crippen LogP contribution in [0.25, 0.3) is 5.57 Å². The number of rotatable bonds is 4. The number of carbonyl (C=O) groups excluding carboxylic acids is 1. The van der Waals surface area contributed by atoms with Gasteiger partial charge in [-0.1, -0.05) is 73.0 Å². The molecule has 1 heterocycles. The number of hydrogen-bond acceptors (Lipinski definition) is 2. The first-order chi connectivity index (χ1) is 11.8. The van der Waals surface area contributed by atoms with E-state index in [0.717, 1.165) is 12.0 Å². The Bertz CT molecular complexity index is 727. The number of nitrogens with zero attached hydrogens (tertiary/aromatic N) is 1. The average Bonchev–Trinajstić information content (AvgIpc) is 2.67. The Balaban J connectivity index is 1.57. The lowest BCUT2D eigenvalue weighted by atomic mass is 9.72. The number of amides is 1. The molecule has 0 N–H and O–H groups in total. The number of benzene rings is 2. The highest BCUT2D eigenvalue weighted by Crippen LogP contribution is 2.22. The summed E-state index contributed by atoms with van der Waals surface area (Å²) >= 11 is 0. The molecule has 1 amide bonds. The molecule has 0 fully saturated rings. The van der Waals surface area contributed by atoms with E-state index in [1.807, 2.05) is 37.2 Å². The molecular formula is C20H21BNO2. The van der Waals surface area contributed by atoms with Gasteiger partial charge in [-0.2, -0.15) is 0 Å². The van der Waals surface area contributed by atoms with Crippen molar-refractivity contribution in [1.29, 1.82) is 0 Å². The molecule has 0 bridgehead atoms. The summed E-state index contributed by atoms with van der Waals surface area (Å²) < 4.78 is 5.40. The van der Waals surface area contributed by atoms with Crippen LogP contribution in [-0.2, 0) is 11.3 Å². The fourth-order valence-electron chi connectivity index (χ4n) is 2.83. The van der Waals surface area contributed by atoms with Gasteiger partial charge in [0.1, 0.15) is 13.9 Å². The van der Waals surface area contributed by atoms with Gasteiger partial charge in [0.25, 0.3) is 0 Å². The first kappa shape index (κ1) is 16.4. The summed E-state index contributed by atoms with van der Waals surface area (Å²) in [5, 5.41) is 0. The molecule has 4 heteroatoms. The molecule has 3 nitrogen and oxygen atoms in total. The maximum atomic E-state index is 12.2. The van der Waals surface area contributed by atoms with Gasteiger partial charge in [0.05, 0.1) is 0 Å².